The lowest BCUT2D eigenvalue weighted by Crippen LogP contribution is -2.40. The number of H-pyrrole nitrogens is 1. The Kier molecular flexibility index (Phi) is 5.48. The van der Waals surface area contributed by atoms with Crippen molar-refractivity contribution in [2.75, 3.05) is 26.2 Å². The molecule has 2 amide bonds. The summed E-state index contributed by atoms with van der Waals surface area (Å²) in [4.78, 5) is 60.7. The van der Waals surface area contributed by atoms with Gasteiger partial charge in [0.1, 0.15) is 11.3 Å². The van der Waals surface area contributed by atoms with Crippen LogP contribution in [0, 0.1) is 0 Å². The smallest absolute Gasteiger partial charge is 0.332 e. The fraction of sp³-hybridized carbons (Fsp3) is 0.650. The predicted molar refractivity (Wildman–Crippen MR) is 110 cm³/mol. The molecule has 2 aliphatic heterocycles. The quantitative estimate of drug-likeness (QED) is 0.758. The first-order valence-corrected chi connectivity index (χ1v) is 10.6. The molecular formula is C20H28N6O4. The first-order valence-electron chi connectivity index (χ1n) is 10.6. The molecule has 10 heteroatoms. The number of carbonyl (C=O) groups excluding carboxylic acids is 2. The number of amides is 2. The van der Waals surface area contributed by atoms with Gasteiger partial charge in [-0.05, 0) is 25.7 Å². The van der Waals surface area contributed by atoms with Crippen molar-refractivity contribution in [3.63, 3.8) is 0 Å². The lowest BCUT2D eigenvalue weighted by atomic mass is 9.97. The molecule has 1 unspecified atom stereocenters. The molecule has 30 heavy (non-hydrogen) atoms. The van der Waals surface area contributed by atoms with Crippen molar-refractivity contribution in [3.8, 4) is 0 Å². The van der Waals surface area contributed by atoms with Gasteiger partial charge in [0, 0.05) is 59.0 Å². The maximum atomic E-state index is 12.7. The summed E-state index contributed by atoms with van der Waals surface area (Å²) in [7, 11) is 3.03. The Hall–Kier alpha value is -2.91. The third-order valence-electron chi connectivity index (χ3n) is 6.29. The van der Waals surface area contributed by atoms with E-state index >= 15 is 0 Å². The molecule has 0 bridgehead atoms. The SMILES string of the molecule is Cn1c(=O)c2[nH]c(C3CCCN(C(=O)CCC(=O)N4CCCC4)C3)nc2n(C)c1=O. The van der Waals surface area contributed by atoms with Crippen molar-refractivity contribution >= 4 is 23.0 Å². The summed E-state index contributed by atoms with van der Waals surface area (Å²) in [6, 6.07) is 0. The van der Waals surface area contributed by atoms with Crippen molar-refractivity contribution in [3.05, 3.63) is 26.7 Å². The summed E-state index contributed by atoms with van der Waals surface area (Å²) in [5.41, 5.74) is -0.197. The number of nitrogens with zero attached hydrogens (tertiary/aromatic N) is 5. The minimum absolute atomic E-state index is 0.0216. The molecule has 1 atom stereocenters. The Bertz CT molecular complexity index is 1090. The van der Waals surface area contributed by atoms with E-state index in [4.69, 9.17) is 0 Å². The van der Waals surface area contributed by atoms with E-state index in [1.165, 1.54) is 11.6 Å². The molecule has 2 aromatic rings. The molecule has 2 fully saturated rings. The highest BCUT2D eigenvalue weighted by Gasteiger charge is 2.28. The summed E-state index contributed by atoms with van der Waals surface area (Å²) >= 11 is 0. The van der Waals surface area contributed by atoms with Crippen LogP contribution in [0.1, 0.15) is 50.3 Å². The third-order valence-corrected chi connectivity index (χ3v) is 6.29. The monoisotopic (exact) mass is 416 g/mol. The van der Waals surface area contributed by atoms with Gasteiger partial charge in [-0.3, -0.25) is 23.5 Å². The maximum Gasteiger partial charge on any atom is 0.332 e. The number of nitrogens with one attached hydrogen (secondary N) is 1. The Morgan fingerprint density at radius 2 is 1.60 bits per heavy atom. The van der Waals surface area contributed by atoms with Gasteiger partial charge >= 0.3 is 5.69 Å². The fourth-order valence-corrected chi connectivity index (χ4v) is 4.46. The van der Waals surface area contributed by atoms with Crippen LogP contribution < -0.4 is 11.2 Å². The lowest BCUT2D eigenvalue weighted by molar-refractivity contribution is -0.137. The van der Waals surface area contributed by atoms with Gasteiger partial charge in [0.15, 0.2) is 5.65 Å². The zero-order chi connectivity index (χ0) is 21.4. The number of imidazole rings is 1. The van der Waals surface area contributed by atoms with Crippen LogP contribution in [0.3, 0.4) is 0 Å². The number of aryl methyl sites for hydroxylation is 1. The van der Waals surface area contributed by atoms with Gasteiger partial charge in [-0.15, -0.1) is 0 Å². The molecule has 0 spiro atoms. The molecule has 162 valence electrons. The average molecular weight is 416 g/mol. The average Bonchev–Trinajstić information content (AvgIpc) is 3.45. The number of rotatable bonds is 4. The first-order chi connectivity index (χ1) is 14.4. The van der Waals surface area contributed by atoms with Crippen LogP contribution in [0.2, 0.25) is 0 Å². The number of hydrogen-bond donors (Lipinski definition) is 1. The van der Waals surface area contributed by atoms with E-state index in [1.54, 1.807) is 11.9 Å². The molecule has 1 N–H and O–H groups in total. The van der Waals surface area contributed by atoms with Gasteiger partial charge in [0.2, 0.25) is 11.8 Å². The van der Waals surface area contributed by atoms with Gasteiger partial charge in [-0.25, -0.2) is 9.78 Å². The van der Waals surface area contributed by atoms with Crippen molar-refractivity contribution < 1.29 is 9.59 Å². The van der Waals surface area contributed by atoms with E-state index in [1.807, 2.05) is 4.90 Å². The van der Waals surface area contributed by atoms with Crippen LogP contribution >= 0.6 is 0 Å². The van der Waals surface area contributed by atoms with Gasteiger partial charge in [-0.2, -0.15) is 0 Å². The summed E-state index contributed by atoms with van der Waals surface area (Å²) in [5.74, 6) is 0.619. The minimum Gasteiger partial charge on any atom is -0.343 e. The van der Waals surface area contributed by atoms with Crippen molar-refractivity contribution in [2.45, 2.75) is 44.4 Å². The normalized spacial score (nSPS) is 19.6. The standard InChI is InChI=1S/C20H28N6O4/c1-23-18-16(19(29)24(2)20(23)30)21-17(22-18)13-6-5-11-26(12-13)15(28)8-7-14(27)25-9-3-4-10-25/h13H,3-12H2,1-2H3,(H,21,22). The number of likely N-dealkylation sites (tertiary alicyclic amines) is 2. The molecule has 0 aromatic carbocycles. The first kappa shape index (κ1) is 20.4. The summed E-state index contributed by atoms with van der Waals surface area (Å²) in [6.07, 6.45) is 4.22. The minimum atomic E-state index is -0.423. The number of aromatic nitrogens is 4. The molecule has 0 aliphatic carbocycles. The Morgan fingerprint density at radius 1 is 0.967 bits per heavy atom. The summed E-state index contributed by atoms with van der Waals surface area (Å²) < 4.78 is 2.41. The maximum absolute atomic E-state index is 12.7. The number of carbonyl (C=O) groups is 2. The summed E-state index contributed by atoms with van der Waals surface area (Å²) in [5, 5.41) is 0. The van der Waals surface area contributed by atoms with Gasteiger partial charge in [0.05, 0.1) is 0 Å². The topological polar surface area (TPSA) is 113 Å². The van der Waals surface area contributed by atoms with Gasteiger partial charge in [-0.1, -0.05) is 0 Å². The van der Waals surface area contributed by atoms with Crippen LogP contribution in [0.15, 0.2) is 9.59 Å². The number of hydrogen-bond acceptors (Lipinski definition) is 5. The Labute approximate surface area is 173 Å². The second kappa shape index (κ2) is 8.08. The fourth-order valence-electron chi connectivity index (χ4n) is 4.46. The highest BCUT2D eigenvalue weighted by atomic mass is 16.2. The zero-order valence-corrected chi connectivity index (χ0v) is 17.5. The molecule has 2 aliphatic rings. The van der Waals surface area contributed by atoms with E-state index in [-0.39, 0.29) is 30.6 Å². The van der Waals surface area contributed by atoms with Crippen LogP contribution in [0.4, 0.5) is 0 Å². The molecule has 2 saturated heterocycles. The molecule has 0 saturated carbocycles. The van der Waals surface area contributed by atoms with E-state index < -0.39 is 11.2 Å². The largest absolute Gasteiger partial charge is 0.343 e. The second-order valence-corrected chi connectivity index (χ2v) is 8.29. The van der Waals surface area contributed by atoms with Crippen molar-refractivity contribution in [1.82, 2.24) is 28.9 Å². The number of fused-ring (bicyclic) bond motifs is 1. The van der Waals surface area contributed by atoms with Gasteiger partial charge in [0.25, 0.3) is 5.56 Å². The predicted octanol–water partition coefficient (Wildman–Crippen LogP) is 0.0689. The highest BCUT2D eigenvalue weighted by molar-refractivity contribution is 5.84. The van der Waals surface area contributed by atoms with E-state index in [0.29, 0.717) is 30.1 Å². The number of piperidine rings is 1. The van der Waals surface area contributed by atoms with Crippen LogP contribution in [-0.2, 0) is 23.7 Å². The molecule has 2 aromatic heterocycles. The highest BCUT2D eigenvalue weighted by Crippen LogP contribution is 2.26. The van der Waals surface area contributed by atoms with Crippen molar-refractivity contribution in [2.24, 2.45) is 14.1 Å². The molecule has 10 nitrogen and oxygen atoms in total. The van der Waals surface area contributed by atoms with Crippen LogP contribution in [0.25, 0.3) is 11.2 Å². The molecule has 4 heterocycles. The van der Waals surface area contributed by atoms with E-state index in [2.05, 4.69) is 9.97 Å². The van der Waals surface area contributed by atoms with E-state index in [9.17, 15) is 19.2 Å². The van der Waals surface area contributed by atoms with E-state index in [0.717, 1.165) is 43.3 Å². The lowest BCUT2D eigenvalue weighted by Gasteiger charge is -2.32. The zero-order valence-electron chi connectivity index (χ0n) is 17.5. The molecule has 0 radical (unpaired) electrons. The second-order valence-electron chi connectivity index (χ2n) is 8.29. The Balaban J connectivity index is 1.46. The number of aromatic amines is 1. The Morgan fingerprint density at radius 3 is 2.30 bits per heavy atom. The van der Waals surface area contributed by atoms with Crippen LogP contribution in [0.5, 0.6) is 0 Å². The molecular weight excluding hydrogens is 388 g/mol. The summed E-state index contributed by atoms with van der Waals surface area (Å²) in [6.45, 7) is 2.75. The molecule has 4 rings (SSSR count). The third kappa shape index (κ3) is 3.66. The van der Waals surface area contributed by atoms with Crippen molar-refractivity contribution in [1.29, 1.82) is 0 Å². The van der Waals surface area contributed by atoms with Gasteiger partial charge < -0.3 is 14.8 Å². The van der Waals surface area contributed by atoms with Crippen LogP contribution in [-0.4, -0.2) is 66.9 Å².